The Hall–Kier alpha value is -3.59. The van der Waals surface area contributed by atoms with E-state index in [-0.39, 0.29) is 30.9 Å². The summed E-state index contributed by atoms with van der Waals surface area (Å²) in [4.78, 5) is 20.2. The van der Waals surface area contributed by atoms with Crippen molar-refractivity contribution < 1.29 is 26.7 Å². The van der Waals surface area contributed by atoms with Gasteiger partial charge in [0.25, 0.3) is 5.91 Å². The molecule has 2 saturated heterocycles. The molecule has 0 unspecified atom stereocenters. The number of nitrogens with one attached hydrogen (secondary N) is 2. The molecule has 44 heavy (non-hydrogen) atoms. The fourth-order valence-electron chi connectivity index (χ4n) is 6.11. The van der Waals surface area contributed by atoms with Gasteiger partial charge in [0.05, 0.1) is 16.1 Å². The number of benzene rings is 2. The number of hydrogen-bond donors (Lipinski definition) is 2. The monoisotopic (exact) mass is 629 g/mol. The lowest BCUT2D eigenvalue weighted by Gasteiger charge is -2.37. The molecule has 0 radical (unpaired) electrons. The highest BCUT2D eigenvalue weighted by atomic mass is 32.2. The first-order valence-corrected chi connectivity index (χ1v) is 16.3. The number of aromatic amines is 1. The second kappa shape index (κ2) is 12.4. The van der Waals surface area contributed by atoms with E-state index in [4.69, 9.17) is 4.74 Å². The molecular weight excluding hydrogens is 592 g/mol. The van der Waals surface area contributed by atoms with E-state index in [1.54, 1.807) is 0 Å². The van der Waals surface area contributed by atoms with Crippen LogP contribution in [0.2, 0.25) is 0 Å². The van der Waals surface area contributed by atoms with Crippen molar-refractivity contribution in [2.24, 2.45) is 0 Å². The molecule has 0 aliphatic carbocycles. The fourth-order valence-corrected chi connectivity index (χ4v) is 7.57. The number of H-pyrrole nitrogens is 1. The molecule has 4 heterocycles. The Morgan fingerprint density at radius 2 is 1.75 bits per heavy atom. The molecule has 0 bridgehead atoms. The average molecular weight is 630 g/mol. The normalized spacial score (nSPS) is 18.7. The van der Waals surface area contributed by atoms with Gasteiger partial charge in [-0.25, -0.2) is 17.2 Å². The summed E-state index contributed by atoms with van der Waals surface area (Å²) in [6, 6.07) is 8.31. The Bertz CT molecular complexity index is 1620. The van der Waals surface area contributed by atoms with E-state index in [1.165, 1.54) is 0 Å². The second-order valence-corrected chi connectivity index (χ2v) is 13.6. The quantitative estimate of drug-likeness (QED) is 0.410. The molecule has 0 saturated carbocycles. The highest BCUT2D eigenvalue weighted by molar-refractivity contribution is 7.89. The maximum absolute atomic E-state index is 13.9. The number of nitrogens with zero attached hydrogens (tertiary/aromatic N) is 5. The summed E-state index contributed by atoms with van der Waals surface area (Å²) in [5.41, 5.74) is 3.53. The second-order valence-electron chi connectivity index (χ2n) is 11.6. The molecular formula is C30H37F2N7O4S. The molecule has 14 heteroatoms. The third-order valence-electron chi connectivity index (χ3n) is 8.82. The highest BCUT2D eigenvalue weighted by Gasteiger charge is 2.33. The van der Waals surface area contributed by atoms with Gasteiger partial charge in [-0.3, -0.25) is 9.89 Å². The Labute approximate surface area is 255 Å². The number of piperazine rings is 1. The minimum Gasteiger partial charge on any atom is -0.381 e. The van der Waals surface area contributed by atoms with Crippen molar-refractivity contribution in [3.05, 3.63) is 64.9 Å². The van der Waals surface area contributed by atoms with Crippen molar-refractivity contribution in [2.75, 3.05) is 75.1 Å². The first-order valence-electron chi connectivity index (χ1n) is 14.8. The van der Waals surface area contributed by atoms with Crippen LogP contribution in [0, 0.1) is 11.6 Å². The maximum Gasteiger partial charge on any atom is 0.258 e. The third kappa shape index (κ3) is 6.16. The minimum atomic E-state index is -4.20. The van der Waals surface area contributed by atoms with E-state index in [2.05, 4.69) is 43.3 Å². The highest BCUT2D eigenvalue weighted by Crippen LogP contribution is 2.33. The number of likely N-dealkylation sites (N-methyl/N-ethyl adjacent to an activating group) is 1. The molecule has 2 aromatic carbocycles. The summed E-state index contributed by atoms with van der Waals surface area (Å²) >= 11 is 0. The molecule has 2 fully saturated rings. The van der Waals surface area contributed by atoms with Gasteiger partial charge in [-0.2, -0.15) is 9.40 Å². The van der Waals surface area contributed by atoms with Crippen molar-refractivity contribution in [2.45, 2.75) is 36.7 Å². The predicted octanol–water partition coefficient (Wildman–Crippen LogP) is 3.05. The first-order chi connectivity index (χ1) is 21.1. The molecule has 6 rings (SSSR count). The number of carbonyl (C=O) groups is 1. The van der Waals surface area contributed by atoms with Crippen LogP contribution in [0.1, 0.15) is 34.5 Å². The molecule has 3 aromatic rings. The SMILES string of the molecule is CN1CCN(c2ccc(C(=O)Nc3n[nH]c4c3CN(S(=O)(=O)c3cc(F)cc(F)c3)CC4)c(N(C)C3CCOCC3)c2)CC1. The Kier molecular flexibility index (Phi) is 8.59. The summed E-state index contributed by atoms with van der Waals surface area (Å²) < 4.78 is 61.0. The molecule has 3 aliphatic rings. The van der Waals surface area contributed by atoms with Crippen LogP contribution in [0.15, 0.2) is 41.3 Å². The van der Waals surface area contributed by atoms with Crippen LogP contribution in [0.5, 0.6) is 0 Å². The number of rotatable bonds is 7. The van der Waals surface area contributed by atoms with E-state index in [9.17, 15) is 22.0 Å². The summed E-state index contributed by atoms with van der Waals surface area (Å²) in [6.45, 7) is 5.01. The van der Waals surface area contributed by atoms with Gasteiger partial charge in [-0.15, -0.1) is 0 Å². The number of aromatic nitrogens is 2. The largest absolute Gasteiger partial charge is 0.381 e. The number of fused-ring (bicyclic) bond motifs is 1. The predicted molar refractivity (Wildman–Crippen MR) is 163 cm³/mol. The van der Waals surface area contributed by atoms with Crippen molar-refractivity contribution in [1.29, 1.82) is 0 Å². The van der Waals surface area contributed by atoms with Gasteiger partial charge in [0.1, 0.15) is 11.6 Å². The third-order valence-corrected chi connectivity index (χ3v) is 10.6. The van der Waals surface area contributed by atoms with Crippen LogP contribution in [-0.4, -0.2) is 99.8 Å². The van der Waals surface area contributed by atoms with E-state index in [0.29, 0.717) is 42.5 Å². The maximum atomic E-state index is 13.9. The smallest absolute Gasteiger partial charge is 0.258 e. The number of halogens is 2. The number of ether oxygens (including phenoxy) is 1. The number of carbonyl (C=O) groups excluding carboxylic acids is 1. The van der Waals surface area contributed by atoms with Crippen LogP contribution in [0.3, 0.4) is 0 Å². The summed E-state index contributed by atoms with van der Waals surface area (Å²) in [5.74, 6) is -2.10. The van der Waals surface area contributed by atoms with Crippen LogP contribution in [0.25, 0.3) is 0 Å². The topological polar surface area (TPSA) is 114 Å². The van der Waals surface area contributed by atoms with E-state index >= 15 is 0 Å². The van der Waals surface area contributed by atoms with Crippen LogP contribution in [0.4, 0.5) is 26.0 Å². The lowest BCUT2D eigenvalue weighted by Crippen LogP contribution is -2.44. The van der Waals surface area contributed by atoms with Crippen molar-refractivity contribution in [1.82, 2.24) is 19.4 Å². The van der Waals surface area contributed by atoms with E-state index < -0.39 is 26.6 Å². The van der Waals surface area contributed by atoms with Crippen molar-refractivity contribution in [3.8, 4) is 0 Å². The minimum absolute atomic E-state index is 0.0941. The van der Waals surface area contributed by atoms with Gasteiger partial charge in [-0.05, 0) is 50.2 Å². The molecule has 236 valence electrons. The summed E-state index contributed by atoms with van der Waals surface area (Å²) in [5, 5.41) is 10.1. The first kappa shape index (κ1) is 30.4. The molecule has 0 spiro atoms. The standard InChI is InChI=1S/C30H37F2N7O4S/c1-36-9-11-38(12-10-36)23-3-4-25(28(18-23)37(2)22-6-13-43-14-7-22)30(40)33-29-26-19-39(8-5-27(26)34-35-29)44(41,42)24-16-20(31)15-21(32)17-24/h3-4,15-18,22H,5-14,19H2,1-2H3,(H2,33,34,35,40). The van der Waals surface area contributed by atoms with Gasteiger partial charge in [0, 0.05) is 95.0 Å². The van der Waals surface area contributed by atoms with Crippen molar-refractivity contribution in [3.63, 3.8) is 0 Å². The average Bonchev–Trinajstić information content (AvgIpc) is 3.42. The van der Waals surface area contributed by atoms with E-state index in [0.717, 1.165) is 66.8 Å². The van der Waals surface area contributed by atoms with Crippen molar-refractivity contribution >= 4 is 33.1 Å². The van der Waals surface area contributed by atoms with Gasteiger partial charge in [0.2, 0.25) is 10.0 Å². The molecule has 2 N–H and O–H groups in total. The number of amides is 1. The lowest BCUT2D eigenvalue weighted by molar-refractivity contribution is 0.0854. The van der Waals surface area contributed by atoms with Gasteiger partial charge in [-0.1, -0.05) is 0 Å². The summed E-state index contributed by atoms with van der Waals surface area (Å²) in [7, 11) is -0.0859. The van der Waals surface area contributed by atoms with Crippen LogP contribution >= 0.6 is 0 Å². The molecule has 1 amide bonds. The molecule has 1 aromatic heterocycles. The Balaban J connectivity index is 1.26. The molecule has 3 aliphatic heterocycles. The van der Waals surface area contributed by atoms with Gasteiger partial charge >= 0.3 is 0 Å². The Morgan fingerprint density at radius 1 is 1.05 bits per heavy atom. The zero-order valence-electron chi connectivity index (χ0n) is 24.9. The molecule has 0 atom stereocenters. The zero-order valence-corrected chi connectivity index (χ0v) is 25.7. The molecule has 11 nitrogen and oxygen atoms in total. The Morgan fingerprint density at radius 3 is 2.45 bits per heavy atom. The number of sulfonamides is 1. The van der Waals surface area contributed by atoms with Gasteiger partial charge in [0.15, 0.2) is 5.82 Å². The van der Waals surface area contributed by atoms with E-state index in [1.807, 2.05) is 19.2 Å². The zero-order chi connectivity index (χ0) is 31.0. The summed E-state index contributed by atoms with van der Waals surface area (Å²) in [6.07, 6.45) is 2.00. The fraction of sp³-hybridized carbons (Fsp3) is 0.467. The van der Waals surface area contributed by atoms with Crippen LogP contribution in [-0.2, 0) is 27.7 Å². The van der Waals surface area contributed by atoms with Gasteiger partial charge < -0.3 is 24.8 Å². The lowest BCUT2D eigenvalue weighted by atomic mass is 10.0. The number of anilines is 3. The van der Waals surface area contributed by atoms with Crippen LogP contribution < -0.4 is 15.1 Å². The number of hydrogen-bond acceptors (Lipinski definition) is 8.